The molecule has 1 rings (SSSR count). The van der Waals surface area contributed by atoms with E-state index < -0.39 is 0 Å². The number of rotatable bonds is 6. The fourth-order valence-electron chi connectivity index (χ4n) is 1.83. The van der Waals surface area contributed by atoms with Gasteiger partial charge in [0.25, 0.3) is 5.91 Å². The first-order chi connectivity index (χ1) is 8.58. The first kappa shape index (κ1) is 15.2. The van der Waals surface area contributed by atoms with Gasteiger partial charge in [0, 0.05) is 17.4 Å². The minimum absolute atomic E-state index is 0.0334. The van der Waals surface area contributed by atoms with Crippen LogP contribution in [0.2, 0.25) is 0 Å². The van der Waals surface area contributed by atoms with E-state index in [1.54, 1.807) is 0 Å². The molecule has 100 valence electrons. The summed E-state index contributed by atoms with van der Waals surface area (Å²) in [4.78, 5) is 12.0. The third kappa shape index (κ3) is 4.45. The third-order valence-electron chi connectivity index (χ3n) is 3.42. The second kappa shape index (κ2) is 7.57. The molecule has 1 amide bonds. The standard InChI is InChI=1S/C15H22BrNO/c1-4-13(7-8-16)10-17-15(18)14-6-5-11(2)12(3)9-14/h5-6,9,13H,4,7-8,10H2,1-3H3,(H,17,18). The van der Waals surface area contributed by atoms with Gasteiger partial charge in [-0.15, -0.1) is 0 Å². The quantitative estimate of drug-likeness (QED) is 0.794. The molecule has 1 aromatic rings. The molecule has 1 N–H and O–H groups in total. The first-order valence-electron chi connectivity index (χ1n) is 6.49. The summed E-state index contributed by atoms with van der Waals surface area (Å²) in [6.45, 7) is 7.01. The predicted octanol–water partition coefficient (Wildman–Crippen LogP) is 3.84. The largest absolute Gasteiger partial charge is 0.352 e. The van der Waals surface area contributed by atoms with Gasteiger partial charge < -0.3 is 5.32 Å². The number of amides is 1. The lowest BCUT2D eigenvalue weighted by Gasteiger charge is -2.14. The Morgan fingerprint density at radius 3 is 2.61 bits per heavy atom. The molecule has 1 atom stereocenters. The van der Waals surface area contributed by atoms with Gasteiger partial charge in [-0.2, -0.15) is 0 Å². The molecule has 0 aromatic heterocycles. The molecule has 0 bridgehead atoms. The average Bonchev–Trinajstić information content (AvgIpc) is 2.37. The van der Waals surface area contributed by atoms with Gasteiger partial charge in [0.1, 0.15) is 0 Å². The van der Waals surface area contributed by atoms with E-state index in [1.165, 1.54) is 5.56 Å². The van der Waals surface area contributed by atoms with Crippen LogP contribution in [-0.4, -0.2) is 17.8 Å². The number of carbonyl (C=O) groups is 1. The fourth-order valence-corrected chi connectivity index (χ4v) is 2.47. The van der Waals surface area contributed by atoms with Crippen LogP contribution in [0.5, 0.6) is 0 Å². The van der Waals surface area contributed by atoms with E-state index in [2.05, 4.69) is 35.1 Å². The molecule has 18 heavy (non-hydrogen) atoms. The van der Waals surface area contributed by atoms with E-state index in [-0.39, 0.29) is 5.91 Å². The van der Waals surface area contributed by atoms with E-state index in [0.29, 0.717) is 5.92 Å². The second-order valence-electron chi connectivity index (χ2n) is 4.76. The average molecular weight is 312 g/mol. The summed E-state index contributed by atoms with van der Waals surface area (Å²) in [5.41, 5.74) is 3.14. The van der Waals surface area contributed by atoms with Crippen molar-refractivity contribution in [2.24, 2.45) is 5.92 Å². The van der Waals surface area contributed by atoms with Crippen molar-refractivity contribution in [3.63, 3.8) is 0 Å². The van der Waals surface area contributed by atoms with E-state index in [1.807, 2.05) is 25.1 Å². The number of hydrogen-bond donors (Lipinski definition) is 1. The Morgan fingerprint density at radius 1 is 1.33 bits per heavy atom. The maximum Gasteiger partial charge on any atom is 0.251 e. The van der Waals surface area contributed by atoms with Gasteiger partial charge in [0.2, 0.25) is 0 Å². The highest BCUT2D eigenvalue weighted by molar-refractivity contribution is 9.09. The Hall–Kier alpha value is -0.830. The summed E-state index contributed by atoms with van der Waals surface area (Å²) in [6, 6.07) is 5.85. The number of benzene rings is 1. The van der Waals surface area contributed by atoms with Gasteiger partial charge in [-0.25, -0.2) is 0 Å². The van der Waals surface area contributed by atoms with Crippen LogP contribution in [0.3, 0.4) is 0 Å². The number of nitrogens with one attached hydrogen (secondary N) is 1. The van der Waals surface area contributed by atoms with Crippen LogP contribution in [0.15, 0.2) is 18.2 Å². The van der Waals surface area contributed by atoms with Gasteiger partial charge in [0.05, 0.1) is 0 Å². The summed E-state index contributed by atoms with van der Waals surface area (Å²) < 4.78 is 0. The van der Waals surface area contributed by atoms with Crippen molar-refractivity contribution in [1.29, 1.82) is 0 Å². The van der Waals surface area contributed by atoms with Gasteiger partial charge in [-0.1, -0.05) is 35.3 Å². The summed E-state index contributed by atoms with van der Waals surface area (Å²) in [5, 5.41) is 4.01. The lowest BCUT2D eigenvalue weighted by molar-refractivity contribution is 0.0946. The van der Waals surface area contributed by atoms with Crippen LogP contribution in [0, 0.1) is 19.8 Å². The number of halogens is 1. The summed E-state index contributed by atoms with van der Waals surface area (Å²) in [6.07, 6.45) is 2.20. The van der Waals surface area contributed by atoms with Gasteiger partial charge >= 0.3 is 0 Å². The zero-order valence-electron chi connectivity index (χ0n) is 11.4. The first-order valence-corrected chi connectivity index (χ1v) is 7.62. The van der Waals surface area contributed by atoms with Crippen molar-refractivity contribution >= 4 is 21.8 Å². The number of aryl methyl sites for hydroxylation is 2. The van der Waals surface area contributed by atoms with E-state index in [4.69, 9.17) is 0 Å². The summed E-state index contributed by atoms with van der Waals surface area (Å²) in [7, 11) is 0. The molecule has 0 heterocycles. The lowest BCUT2D eigenvalue weighted by atomic mass is 10.0. The Labute approximate surface area is 118 Å². The van der Waals surface area contributed by atoms with Crippen LogP contribution in [0.25, 0.3) is 0 Å². The number of alkyl halides is 1. The highest BCUT2D eigenvalue weighted by Gasteiger charge is 2.10. The van der Waals surface area contributed by atoms with Crippen LogP contribution in [0.1, 0.15) is 41.3 Å². The molecule has 0 fully saturated rings. The molecule has 0 spiro atoms. The minimum Gasteiger partial charge on any atom is -0.352 e. The van der Waals surface area contributed by atoms with E-state index in [9.17, 15) is 4.79 Å². The highest BCUT2D eigenvalue weighted by Crippen LogP contribution is 2.11. The summed E-state index contributed by atoms with van der Waals surface area (Å²) in [5.74, 6) is 0.589. The van der Waals surface area contributed by atoms with Crippen LogP contribution in [-0.2, 0) is 0 Å². The molecule has 0 aliphatic carbocycles. The van der Waals surface area contributed by atoms with E-state index in [0.717, 1.165) is 35.8 Å². The monoisotopic (exact) mass is 311 g/mol. The zero-order chi connectivity index (χ0) is 13.5. The van der Waals surface area contributed by atoms with Gasteiger partial charge in [-0.3, -0.25) is 4.79 Å². The van der Waals surface area contributed by atoms with Crippen LogP contribution >= 0.6 is 15.9 Å². The van der Waals surface area contributed by atoms with Gasteiger partial charge in [0.15, 0.2) is 0 Å². The van der Waals surface area contributed by atoms with Crippen molar-refractivity contribution in [3.05, 3.63) is 34.9 Å². The molecule has 0 saturated heterocycles. The van der Waals surface area contributed by atoms with Crippen molar-refractivity contribution in [2.45, 2.75) is 33.6 Å². The number of hydrogen-bond acceptors (Lipinski definition) is 1. The van der Waals surface area contributed by atoms with Gasteiger partial charge in [-0.05, 0) is 49.4 Å². The van der Waals surface area contributed by atoms with Crippen molar-refractivity contribution in [1.82, 2.24) is 5.32 Å². The Balaban J connectivity index is 2.57. The molecule has 3 heteroatoms. The van der Waals surface area contributed by atoms with Crippen molar-refractivity contribution in [3.8, 4) is 0 Å². The second-order valence-corrected chi connectivity index (χ2v) is 5.55. The lowest BCUT2D eigenvalue weighted by Crippen LogP contribution is -2.29. The van der Waals surface area contributed by atoms with E-state index >= 15 is 0 Å². The molecular weight excluding hydrogens is 290 g/mol. The normalized spacial score (nSPS) is 12.2. The maximum atomic E-state index is 12.0. The SMILES string of the molecule is CCC(CCBr)CNC(=O)c1ccc(C)c(C)c1. The fraction of sp³-hybridized carbons (Fsp3) is 0.533. The maximum absolute atomic E-state index is 12.0. The molecular formula is C15H22BrNO. The Morgan fingerprint density at radius 2 is 2.06 bits per heavy atom. The molecule has 2 nitrogen and oxygen atoms in total. The van der Waals surface area contributed by atoms with Crippen LogP contribution in [0.4, 0.5) is 0 Å². The molecule has 1 unspecified atom stereocenters. The molecule has 0 saturated carbocycles. The minimum atomic E-state index is 0.0334. The molecule has 1 aromatic carbocycles. The Kier molecular flexibility index (Phi) is 6.41. The third-order valence-corrected chi connectivity index (χ3v) is 3.87. The summed E-state index contributed by atoms with van der Waals surface area (Å²) >= 11 is 3.45. The number of carbonyl (C=O) groups excluding carboxylic acids is 1. The highest BCUT2D eigenvalue weighted by atomic mass is 79.9. The predicted molar refractivity (Wildman–Crippen MR) is 80.4 cm³/mol. The zero-order valence-corrected chi connectivity index (χ0v) is 13.0. The topological polar surface area (TPSA) is 29.1 Å². The smallest absolute Gasteiger partial charge is 0.251 e. The molecule has 0 aliphatic rings. The van der Waals surface area contributed by atoms with Crippen LogP contribution < -0.4 is 5.32 Å². The molecule has 0 radical (unpaired) electrons. The Bertz CT molecular complexity index is 403. The molecule has 0 aliphatic heterocycles. The van der Waals surface area contributed by atoms with Crippen molar-refractivity contribution < 1.29 is 4.79 Å². The van der Waals surface area contributed by atoms with Crippen molar-refractivity contribution in [2.75, 3.05) is 11.9 Å².